The van der Waals surface area contributed by atoms with E-state index in [-0.39, 0.29) is 11.8 Å². The summed E-state index contributed by atoms with van der Waals surface area (Å²) in [5, 5.41) is 7.09. The predicted molar refractivity (Wildman–Crippen MR) is 105 cm³/mol. The molecule has 0 saturated heterocycles. The van der Waals surface area contributed by atoms with Crippen LogP contribution < -0.4 is 10.7 Å². The summed E-state index contributed by atoms with van der Waals surface area (Å²) >= 11 is 0. The first kappa shape index (κ1) is 19.4. The van der Waals surface area contributed by atoms with Gasteiger partial charge in [-0.3, -0.25) is 9.59 Å². The van der Waals surface area contributed by atoms with E-state index in [1.54, 1.807) is 31.2 Å². The van der Waals surface area contributed by atoms with Gasteiger partial charge in [0.1, 0.15) is 0 Å². The van der Waals surface area contributed by atoms with E-state index in [9.17, 15) is 9.59 Å². The van der Waals surface area contributed by atoms with Gasteiger partial charge in [-0.15, -0.1) is 0 Å². The molecule has 2 aromatic carbocycles. The summed E-state index contributed by atoms with van der Waals surface area (Å²) in [5.41, 5.74) is 5.68. The first-order valence-electron chi connectivity index (χ1n) is 8.96. The molecule has 0 heterocycles. The number of amides is 2. The first-order valence-corrected chi connectivity index (χ1v) is 8.96. The molecule has 5 heteroatoms. The van der Waals surface area contributed by atoms with Gasteiger partial charge in [0.15, 0.2) is 0 Å². The SMILES string of the molecule is CCCC/C(=N\NC(=O)c1ccc(NC(=O)CC)cc1)c1ccccc1. The number of benzene rings is 2. The van der Waals surface area contributed by atoms with Crippen molar-refractivity contribution >= 4 is 23.2 Å². The lowest BCUT2D eigenvalue weighted by molar-refractivity contribution is -0.115. The molecule has 2 amide bonds. The highest BCUT2D eigenvalue weighted by atomic mass is 16.2. The minimum absolute atomic E-state index is 0.0600. The normalized spacial score (nSPS) is 11.1. The highest BCUT2D eigenvalue weighted by Gasteiger charge is 2.08. The molecule has 0 atom stereocenters. The Morgan fingerprint density at radius 2 is 1.62 bits per heavy atom. The number of carbonyl (C=O) groups excluding carboxylic acids is 2. The molecule has 0 bridgehead atoms. The van der Waals surface area contributed by atoms with E-state index in [1.807, 2.05) is 30.3 Å². The Morgan fingerprint density at radius 1 is 0.923 bits per heavy atom. The van der Waals surface area contributed by atoms with Gasteiger partial charge in [-0.2, -0.15) is 5.10 Å². The molecule has 2 rings (SSSR count). The first-order chi connectivity index (χ1) is 12.6. The van der Waals surface area contributed by atoms with Crippen LogP contribution in [-0.2, 0) is 4.79 Å². The number of nitrogens with one attached hydrogen (secondary N) is 2. The van der Waals surface area contributed by atoms with Crippen LogP contribution in [0.2, 0.25) is 0 Å². The molecule has 0 fully saturated rings. The molecule has 0 spiro atoms. The summed E-state index contributed by atoms with van der Waals surface area (Å²) in [5.74, 6) is -0.335. The molecule has 0 aromatic heterocycles. The Hall–Kier alpha value is -2.95. The van der Waals surface area contributed by atoms with Gasteiger partial charge in [-0.05, 0) is 42.7 Å². The van der Waals surface area contributed by atoms with E-state index >= 15 is 0 Å². The van der Waals surface area contributed by atoms with Gasteiger partial charge in [-0.1, -0.05) is 50.6 Å². The molecule has 0 saturated carbocycles. The second kappa shape index (κ2) is 10.1. The standard InChI is InChI=1S/C21H25N3O2/c1-3-5-11-19(16-9-7-6-8-10-16)23-24-21(26)17-12-14-18(15-13-17)22-20(25)4-2/h6-10,12-15H,3-5,11H2,1-2H3,(H,22,25)(H,24,26)/b23-19+. The van der Waals surface area contributed by atoms with Gasteiger partial charge in [0.25, 0.3) is 5.91 Å². The van der Waals surface area contributed by atoms with Crippen molar-refractivity contribution in [2.75, 3.05) is 5.32 Å². The fraction of sp³-hybridized carbons (Fsp3) is 0.286. The second-order valence-electron chi connectivity index (χ2n) is 5.95. The van der Waals surface area contributed by atoms with Gasteiger partial charge >= 0.3 is 0 Å². The fourth-order valence-corrected chi connectivity index (χ4v) is 2.38. The Morgan fingerprint density at radius 3 is 2.23 bits per heavy atom. The minimum atomic E-state index is -0.275. The third-order valence-electron chi connectivity index (χ3n) is 3.92. The van der Waals surface area contributed by atoms with Gasteiger partial charge in [0.05, 0.1) is 5.71 Å². The second-order valence-corrected chi connectivity index (χ2v) is 5.95. The van der Waals surface area contributed by atoms with Crippen LogP contribution in [0.3, 0.4) is 0 Å². The Kier molecular flexibility index (Phi) is 7.55. The molecular weight excluding hydrogens is 326 g/mol. The lowest BCUT2D eigenvalue weighted by atomic mass is 10.1. The number of anilines is 1. The van der Waals surface area contributed by atoms with Gasteiger partial charge in [-0.25, -0.2) is 5.43 Å². The molecule has 0 unspecified atom stereocenters. The minimum Gasteiger partial charge on any atom is -0.326 e. The smallest absolute Gasteiger partial charge is 0.271 e. The van der Waals surface area contributed by atoms with E-state index in [1.165, 1.54) is 0 Å². The van der Waals surface area contributed by atoms with Gasteiger partial charge in [0, 0.05) is 17.7 Å². The molecule has 2 N–H and O–H groups in total. The summed E-state index contributed by atoms with van der Waals surface area (Å²) in [6, 6.07) is 16.6. The van der Waals surface area contributed by atoms with Gasteiger partial charge in [0.2, 0.25) is 5.91 Å². The van der Waals surface area contributed by atoms with Crippen LogP contribution >= 0.6 is 0 Å². The molecule has 0 aliphatic carbocycles. The fourth-order valence-electron chi connectivity index (χ4n) is 2.38. The van der Waals surface area contributed by atoms with E-state index in [2.05, 4.69) is 22.8 Å². The molecule has 5 nitrogen and oxygen atoms in total. The van der Waals surface area contributed by atoms with Crippen molar-refractivity contribution < 1.29 is 9.59 Å². The third-order valence-corrected chi connectivity index (χ3v) is 3.92. The maximum Gasteiger partial charge on any atom is 0.271 e. The topological polar surface area (TPSA) is 70.6 Å². The molecule has 0 aliphatic heterocycles. The number of hydrazone groups is 1. The molecule has 2 aromatic rings. The quantitative estimate of drug-likeness (QED) is 0.548. The van der Waals surface area contributed by atoms with Crippen molar-refractivity contribution in [2.45, 2.75) is 39.5 Å². The molecule has 0 aliphatic rings. The van der Waals surface area contributed by atoms with Crippen LogP contribution in [0.4, 0.5) is 5.69 Å². The Labute approximate surface area is 154 Å². The van der Waals surface area contributed by atoms with Crippen LogP contribution in [0, 0.1) is 0 Å². The molecular formula is C21H25N3O2. The highest BCUT2D eigenvalue weighted by Crippen LogP contribution is 2.11. The van der Waals surface area contributed by atoms with E-state index < -0.39 is 0 Å². The lowest BCUT2D eigenvalue weighted by Crippen LogP contribution is -2.20. The number of hydrogen-bond donors (Lipinski definition) is 2. The van der Waals surface area contributed by atoms with E-state index in [0.717, 1.165) is 30.5 Å². The van der Waals surface area contributed by atoms with Crippen LogP contribution in [0.1, 0.15) is 55.5 Å². The predicted octanol–water partition coefficient (Wildman–Crippen LogP) is 4.36. The summed E-state index contributed by atoms with van der Waals surface area (Å²) in [6.07, 6.45) is 3.29. The number of nitrogens with zero attached hydrogens (tertiary/aromatic N) is 1. The number of unbranched alkanes of at least 4 members (excludes halogenated alkanes) is 1. The molecule has 26 heavy (non-hydrogen) atoms. The average Bonchev–Trinajstić information content (AvgIpc) is 2.69. The number of rotatable bonds is 8. The van der Waals surface area contributed by atoms with E-state index in [4.69, 9.17) is 0 Å². The summed E-state index contributed by atoms with van der Waals surface area (Å²) in [7, 11) is 0. The molecule has 136 valence electrons. The van der Waals surface area contributed by atoms with Crippen molar-refractivity contribution in [3.63, 3.8) is 0 Å². The van der Waals surface area contributed by atoms with Crippen molar-refractivity contribution in [3.8, 4) is 0 Å². The van der Waals surface area contributed by atoms with Crippen LogP contribution in [0.5, 0.6) is 0 Å². The lowest BCUT2D eigenvalue weighted by Gasteiger charge is -2.08. The maximum absolute atomic E-state index is 12.3. The zero-order chi connectivity index (χ0) is 18.8. The molecule has 0 radical (unpaired) electrons. The van der Waals surface area contributed by atoms with Crippen molar-refractivity contribution in [1.82, 2.24) is 5.43 Å². The number of carbonyl (C=O) groups is 2. The summed E-state index contributed by atoms with van der Waals surface area (Å²) < 4.78 is 0. The van der Waals surface area contributed by atoms with Crippen molar-refractivity contribution in [3.05, 3.63) is 65.7 Å². The highest BCUT2D eigenvalue weighted by molar-refractivity contribution is 6.02. The zero-order valence-electron chi connectivity index (χ0n) is 15.3. The average molecular weight is 351 g/mol. The van der Waals surface area contributed by atoms with Crippen molar-refractivity contribution in [2.24, 2.45) is 5.10 Å². The Bertz CT molecular complexity index is 753. The third kappa shape index (κ3) is 5.84. The Balaban J connectivity index is 2.06. The van der Waals surface area contributed by atoms with Crippen molar-refractivity contribution in [1.29, 1.82) is 0 Å². The van der Waals surface area contributed by atoms with Crippen LogP contribution in [0.25, 0.3) is 0 Å². The monoisotopic (exact) mass is 351 g/mol. The van der Waals surface area contributed by atoms with Gasteiger partial charge < -0.3 is 5.32 Å². The van der Waals surface area contributed by atoms with E-state index in [0.29, 0.717) is 17.7 Å². The summed E-state index contributed by atoms with van der Waals surface area (Å²) in [6.45, 7) is 3.91. The zero-order valence-corrected chi connectivity index (χ0v) is 15.3. The summed E-state index contributed by atoms with van der Waals surface area (Å²) in [4.78, 5) is 23.7. The maximum atomic E-state index is 12.3. The van der Waals surface area contributed by atoms with Crippen LogP contribution in [-0.4, -0.2) is 17.5 Å². The number of hydrogen-bond acceptors (Lipinski definition) is 3. The van der Waals surface area contributed by atoms with Crippen LogP contribution in [0.15, 0.2) is 59.7 Å². The largest absolute Gasteiger partial charge is 0.326 e.